The number of hydrogen-bond acceptors (Lipinski definition) is 5. The summed E-state index contributed by atoms with van der Waals surface area (Å²) in [7, 11) is 0. The van der Waals surface area contributed by atoms with Crippen LogP contribution in [0, 0.1) is 0 Å². The molecule has 0 unspecified atom stereocenters. The van der Waals surface area contributed by atoms with Gasteiger partial charge in [0.1, 0.15) is 5.60 Å². The van der Waals surface area contributed by atoms with Crippen LogP contribution in [0.5, 0.6) is 0 Å². The van der Waals surface area contributed by atoms with Crippen LogP contribution in [-0.2, 0) is 16.9 Å². The third-order valence-electron chi connectivity index (χ3n) is 6.48. The molecule has 6 heteroatoms. The first-order valence-electron chi connectivity index (χ1n) is 10.6. The fraction of sp³-hybridized carbons (Fsp3) is 0.333. The van der Waals surface area contributed by atoms with E-state index in [2.05, 4.69) is 45.7 Å². The molecule has 0 amide bonds. The zero-order chi connectivity index (χ0) is 20.5. The molecule has 4 aromatic rings. The number of pyridine rings is 2. The molecule has 2 aliphatic rings. The molecular formula is C24H24N4O2. The van der Waals surface area contributed by atoms with Crippen molar-refractivity contribution >= 4 is 45.0 Å². The summed E-state index contributed by atoms with van der Waals surface area (Å²) in [5.41, 5.74) is 6.10. The van der Waals surface area contributed by atoms with E-state index in [-0.39, 0.29) is 0 Å². The van der Waals surface area contributed by atoms with Crippen molar-refractivity contribution in [3.8, 4) is 0 Å². The Balaban J connectivity index is 1.73. The van der Waals surface area contributed by atoms with Gasteiger partial charge in [0, 0.05) is 29.9 Å². The number of aliphatic hydroxyl groups is 1. The van der Waals surface area contributed by atoms with Gasteiger partial charge in [0.15, 0.2) is 0 Å². The lowest BCUT2D eigenvalue weighted by Gasteiger charge is -2.33. The fourth-order valence-corrected chi connectivity index (χ4v) is 4.91. The van der Waals surface area contributed by atoms with Crippen LogP contribution in [0.3, 0.4) is 0 Å². The molecule has 0 aliphatic carbocycles. The van der Waals surface area contributed by atoms with Crippen molar-refractivity contribution in [2.75, 3.05) is 18.1 Å². The molecule has 0 saturated carbocycles. The van der Waals surface area contributed by atoms with Crippen LogP contribution in [0.4, 0.5) is 11.4 Å². The van der Waals surface area contributed by atoms with E-state index in [0.29, 0.717) is 19.6 Å². The minimum Gasteiger partial charge on any atom is -0.383 e. The number of nitrogens with zero attached hydrogens (tertiary/aromatic N) is 4. The number of ether oxygens (including phenoxy) is 1. The van der Waals surface area contributed by atoms with E-state index < -0.39 is 5.60 Å². The molecule has 0 fully saturated rings. The van der Waals surface area contributed by atoms with Crippen molar-refractivity contribution < 1.29 is 9.84 Å². The first kappa shape index (κ1) is 17.9. The van der Waals surface area contributed by atoms with Crippen LogP contribution in [-0.4, -0.2) is 34.0 Å². The lowest BCUT2D eigenvalue weighted by Crippen LogP contribution is -2.35. The van der Waals surface area contributed by atoms with E-state index in [1.54, 1.807) is 0 Å². The second-order valence-electron chi connectivity index (χ2n) is 8.34. The van der Waals surface area contributed by atoms with Crippen molar-refractivity contribution in [3.05, 3.63) is 47.8 Å². The third-order valence-corrected chi connectivity index (χ3v) is 6.48. The van der Waals surface area contributed by atoms with Crippen LogP contribution < -0.4 is 4.90 Å². The Labute approximate surface area is 174 Å². The van der Waals surface area contributed by atoms with Crippen molar-refractivity contribution in [2.45, 2.75) is 38.9 Å². The SMILES string of the molecule is CCCN1C=Nc2cccc3nc4c(cn5cc6c(cc45)[C@@](O)(CC)COC6)c1c23. The summed E-state index contributed by atoms with van der Waals surface area (Å²) in [6.45, 7) is 5.93. The first-order valence-corrected chi connectivity index (χ1v) is 10.6. The molecule has 0 bridgehead atoms. The summed E-state index contributed by atoms with van der Waals surface area (Å²) in [5, 5.41) is 13.4. The highest BCUT2D eigenvalue weighted by molar-refractivity contribution is 6.19. The van der Waals surface area contributed by atoms with E-state index in [0.717, 1.165) is 57.1 Å². The quantitative estimate of drug-likeness (QED) is 0.543. The number of benzene rings is 1. The van der Waals surface area contributed by atoms with Gasteiger partial charge in [-0.25, -0.2) is 9.98 Å². The molecule has 0 saturated heterocycles. The van der Waals surface area contributed by atoms with Gasteiger partial charge in [0.2, 0.25) is 0 Å². The van der Waals surface area contributed by atoms with E-state index in [9.17, 15) is 5.11 Å². The Morgan fingerprint density at radius 3 is 2.97 bits per heavy atom. The molecule has 1 N–H and O–H groups in total. The van der Waals surface area contributed by atoms with Gasteiger partial charge >= 0.3 is 0 Å². The minimum atomic E-state index is -0.953. The Morgan fingerprint density at radius 1 is 1.23 bits per heavy atom. The average Bonchev–Trinajstić information content (AvgIpc) is 3.12. The lowest BCUT2D eigenvalue weighted by atomic mass is 9.87. The number of anilines is 1. The molecule has 0 spiro atoms. The monoisotopic (exact) mass is 400 g/mol. The molecule has 5 heterocycles. The van der Waals surface area contributed by atoms with Gasteiger partial charge in [0.05, 0.1) is 52.9 Å². The predicted molar refractivity (Wildman–Crippen MR) is 120 cm³/mol. The number of fused-ring (bicyclic) bond motifs is 5. The number of rotatable bonds is 3. The zero-order valence-corrected chi connectivity index (χ0v) is 17.2. The molecule has 30 heavy (non-hydrogen) atoms. The molecule has 152 valence electrons. The first-order chi connectivity index (χ1) is 14.6. The van der Waals surface area contributed by atoms with E-state index in [1.165, 1.54) is 5.69 Å². The smallest absolute Gasteiger partial charge is 0.113 e. The van der Waals surface area contributed by atoms with Gasteiger partial charge < -0.3 is 19.1 Å². The number of aromatic nitrogens is 2. The van der Waals surface area contributed by atoms with E-state index in [1.807, 2.05) is 25.4 Å². The third kappa shape index (κ3) is 2.32. The highest BCUT2D eigenvalue weighted by Crippen LogP contribution is 2.43. The summed E-state index contributed by atoms with van der Waals surface area (Å²) in [5.74, 6) is 0. The van der Waals surface area contributed by atoms with Gasteiger partial charge in [0.25, 0.3) is 0 Å². The maximum absolute atomic E-state index is 11.2. The molecule has 2 aliphatic heterocycles. The largest absolute Gasteiger partial charge is 0.383 e. The van der Waals surface area contributed by atoms with Crippen molar-refractivity contribution in [2.24, 2.45) is 4.99 Å². The highest BCUT2D eigenvalue weighted by atomic mass is 16.5. The molecule has 0 radical (unpaired) electrons. The topological polar surface area (TPSA) is 62.4 Å². The molecule has 3 aromatic heterocycles. The van der Waals surface area contributed by atoms with Crippen molar-refractivity contribution in [3.63, 3.8) is 0 Å². The van der Waals surface area contributed by atoms with E-state index >= 15 is 0 Å². The summed E-state index contributed by atoms with van der Waals surface area (Å²) in [6.07, 6.45) is 7.83. The molecule has 1 aromatic carbocycles. The summed E-state index contributed by atoms with van der Waals surface area (Å²) >= 11 is 0. The van der Waals surface area contributed by atoms with E-state index in [4.69, 9.17) is 9.72 Å². The van der Waals surface area contributed by atoms with Crippen molar-refractivity contribution in [1.82, 2.24) is 9.38 Å². The summed E-state index contributed by atoms with van der Waals surface area (Å²) in [4.78, 5) is 12.0. The molecule has 6 rings (SSSR count). The maximum Gasteiger partial charge on any atom is 0.113 e. The fourth-order valence-electron chi connectivity index (χ4n) is 4.91. The van der Waals surface area contributed by atoms with Gasteiger partial charge in [-0.05, 0) is 36.6 Å². The van der Waals surface area contributed by atoms with Gasteiger partial charge in [-0.3, -0.25) is 0 Å². The Bertz CT molecular complexity index is 1360. The van der Waals surface area contributed by atoms with Crippen LogP contribution in [0.1, 0.15) is 37.8 Å². The Hall–Kier alpha value is -2.96. The number of hydrogen-bond donors (Lipinski definition) is 1. The van der Waals surface area contributed by atoms with Gasteiger partial charge in [-0.15, -0.1) is 0 Å². The molecular weight excluding hydrogens is 376 g/mol. The summed E-state index contributed by atoms with van der Waals surface area (Å²) < 4.78 is 7.83. The normalized spacial score (nSPS) is 20.4. The molecule has 6 nitrogen and oxygen atoms in total. The average molecular weight is 400 g/mol. The zero-order valence-electron chi connectivity index (χ0n) is 17.2. The van der Waals surface area contributed by atoms with Gasteiger partial charge in [-0.2, -0.15) is 0 Å². The standard InChI is InChI=1S/C24H24N4O2/c1-3-8-27-14-25-18-6-5-7-19-21(18)23(27)16-11-28-10-15-12-30-13-24(29,4-2)17(15)9-20(28)22(16)26-19/h5-7,9-11,14,29H,3-4,8,12-13H2,1-2H3/t24-/m1/s1. The van der Waals surface area contributed by atoms with Crippen molar-refractivity contribution in [1.29, 1.82) is 0 Å². The highest BCUT2D eigenvalue weighted by Gasteiger charge is 2.34. The lowest BCUT2D eigenvalue weighted by molar-refractivity contribution is -0.0751. The minimum absolute atomic E-state index is 0.330. The second-order valence-corrected chi connectivity index (χ2v) is 8.34. The maximum atomic E-state index is 11.2. The van der Waals surface area contributed by atoms with Crippen LogP contribution in [0.15, 0.2) is 41.7 Å². The van der Waals surface area contributed by atoms with Crippen LogP contribution in [0.2, 0.25) is 0 Å². The number of aliphatic imine (C=N–C) groups is 1. The second kappa shape index (κ2) is 6.27. The van der Waals surface area contributed by atoms with Gasteiger partial charge in [-0.1, -0.05) is 19.9 Å². The Kier molecular flexibility index (Phi) is 3.73. The predicted octanol–water partition coefficient (Wildman–Crippen LogP) is 4.66. The molecule has 1 atom stereocenters. The Morgan fingerprint density at radius 2 is 2.13 bits per heavy atom. The summed E-state index contributed by atoms with van der Waals surface area (Å²) in [6, 6.07) is 8.23. The van der Waals surface area contributed by atoms with Crippen LogP contribution in [0.25, 0.3) is 27.3 Å². The van der Waals surface area contributed by atoms with Crippen LogP contribution >= 0.6 is 0 Å².